The van der Waals surface area contributed by atoms with E-state index in [0.29, 0.717) is 0 Å². The van der Waals surface area contributed by atoms with Gasteiger partial charge >= 0.3 is 0 Å². The molecule has 0 saturated heterocycles. The van der Waals surface area contributed by atoms with Crippen LogP contribution in [0.2, 0.25) is 0 Å². The van der Waals surface area contributed by atoms with Crippen molar-refractivity contribution in [3.05, 3.63) is 35.9 Å². The first kappa shape index (κ1) is 8.51. The third-order valence-electron chi connectivity index (χ3n) is 1.31. The first-order valence-electron chi connectivity index (χ1n) is 3.39. The van der Waals surface area contributed by atoms with Crippen molar-refractivity contribution in [1.29, 1.82) is 0 Å². The highest BCUT2D eigenvalue weighted by molar-refractivity contribution is 7.54. The van der Waals surface area contributed by atoms with Crippen LogP contribution in [0.15, 0.2) is 30.3 Å². The zero-order valence-corrected chi connectivity index (χ0v) is 7.25. The second-order valence-corrected chi connectivity index (χ2v) is 5.00. The highest BCUT2D eigenvalue weighted by Crippen LogP contribution is 2.34. The van der Waals surface area contributed by atoms with Crippen molar-refractivity contribution >= 4 is 7.37 Å². The van der Waals surface area contributed by atoms with E-state index in [1.807, 2.05) is 30.3 Å². The molecule has 0 aliphatic carbocycles. The van der Waals surface area contributed by atoms with E-state index in [9.17, 15) is 9.46 Å². The molecular formula is C8H10O2P-. The SMILES string of the molecule is CP(=O)([O-])Cc1ccccc1. The van der Waals surface area contributed by atoms with Crippen LogP contribution in [0.5, 0.6) is 0 Å². The summed E-state index contributed by atoms with van der Waals surface area (Å²) < 4.78 is 10.8. The number of rotatable bonds is 2. The maximum absolute atomic E-state index is 10.8. The quantitative estimate of drug-likeness (QED) is 0.628. The van der Waals surface area contributed by atoms with Crippen LogP contribution in [-0.2, 0) is 10.7 Å². The van der Waals surface area contributed by atoms with Gasteiger partial charge in [-0.15, -0.1) is 0 Å². The van der Waals surface area contributed by atoms with Crippen LogP contribution in [0.25, 0.3) is 0 Å². The highest BCUT2D eigenvalue weighted by atomic mass is 31.2. The first-order chi connectivity index (χ1) is 5.08. The van der Waals surface area contributed by atoms with E-state index >= 15 is 0 Å². The second kappa shape index (κ2) is 3.21. The topological polar surface area (TPSA) is 40.1 Å². The average Bonchev–Trinajstić information content (AvgIpc) is 1.85. The summed E-state index contributed by atoms with van der Waals surface area (Å²) in [5.74, 6) is 0. The fraction of sp³-hybridized carbons (Fsp3) is 0.250. The van der Waals surface area contributed by atoms with Crippen LogP contribution >= 0.6 is 7.37 Å². The van der Waals surface area contributed by atoms with E-state index in [1.54, 1.807) is 0 Å². The molecule has 1 aromatic carbocycles. The molecule has 1 rings (SSSR count). The molecule has 1 aromatic rings. The summed E-state index contributed by atoms with van der Waals surface area (Å²) >= 11 is 0. The van der Waals surface area contributed by atoms with Crippen molar-refractivity contribution in [1.82, 2.24) is 0 Å². The van der Waals surface area contributed by atoms with Crippen LogP contribution in [0.4, 0.5) is 0 Å². The minimum Gasteiger partial charge on any atom is -0.799 e. The van der Waals surface area contributed by atoms with Gasteiger partial charge in [-0.1, -0.05) is 30.3 Å². The van der Waals surface area contributed by atoms with Crippen LogP contribution in [0.3, 0.4) is 0 Å². The molecule has 2 nitrogen and oxygen atoms in total. The summed E-state index contributed by atoms with van der Waals surface area (Å²) in [5, 5.41) is 0. The summed E-state index contributed by atoms with van der Waals surface area (Å²) in [5.41, 5.74) is 0.855. The molecule has 0 aliphatic rings. The van der Waals surface area contributed by atoms with Gasteiger partial charge in [-0.3, -0.25) is 0 Å². The molecule has 0 fully saturated rings. The summed E-state index contributed by atoms with van der Waals surface area (Å²) in [6, 6.07) is 9.17. The van der Waals surface area contributed by atoms with Crippen molar-refractivity contribution in [2.75, 3.05) is 6.66 Å². The molecule has 0 radical (unpaired) electrons. The van der Waals surface area contributed by atoms with E-state index in [0.717, 1.165) is 5.56 Å². The minimum atomic E-state index is -3.14. The standard InChI is InChI=1S/C8H11O2P/c1-11(9,10)7-8-5-3-2-4-6-8/h2-6H,7H2,1H3,(H,9,10)/p-1. The monoisotopic (exact) mass is 169 g/mol. The lowest BCUT2D eigenvalue weighted by Crippen LogP contribution is -2.00. The van der Waals surface area contributed by atoms with Crippen molar-refractivity contribution in [2.45, 2.75) is 6.16 Å². The third-order valence-corrected chi connectivity index (χ3v) is 2.25. The molecule has 60 valence electrons. The smallest absolute Gasteiger partial charge is 0.0160 e. The molecule has 1 unspecified atom stereocenters. The van der Waals surface area contributed by atoms with Crippen molar-refractivity contribution in [3.63, 3.8) is 0 Å². The molecule has 0 aliphatic heterocycles. The third kappa shape index (κ3) is 3.35. The van der Waals surface area contributed by atoms with Crippen LogP contribution in [0, 0.1) is 0 Å². The van der Waals surface area contributed by atoms with E-state index in [2.05, 4.69) is 0 Å². The normalized spacial score (nSPS) is 15.8. The Labute approximate surface area is 66.3 Å². The lowest BCUT2D eigenvalue weighted by molar-refractivity contribution is -0.173. The van der Waals surface area contributed by atoms with E-state index in [-0.39, 0.29) is 6.16 Å². The van der Waals surface area contributed by atoms with Gasteiger partial charge in [0, 0.05) is 13.5 Å². The Bertz CT molecular complexity index is 263. The fourth-order valence-corrected chi connectivity index (χ4v) is 1.79. The Kier molecular flexibility index (Phi) is 2.48. The Morgan fingerprint density at radius 2 is 1.91 bits per heavy atom. The van der Waals surface area contributed by atoms with Gasteiger partial charge in [0.05, 0.1) is 0 Å². The molecule has 1 atom stereocenters. The maximum Gasteiger partial charge on any atom is 0.0160 e. The fourth-order valence-electron chi connectivity index (χ4n) is 0.915. The van der Waals surface area contributed by atoms with Gasteiger partial charge < -0.3 is 9.46 Å². The Morgan fingerprint density at radius 3 is 2.36 bits per heavy atom. The Morgan fingerprint density at radius 1 is 1.36 bits per heavy atom. The van der Waals surface area contributed by atoms with Crippen molar-refractivity contribution < 1.29 is 9.46 Å². The molecule has 11 heavy (non-hydrogen) atoms. The molecule has 0 amide bonds. The van der Waals surface area contributed by atoms with Crippen molar-refractivity contribution in [3.8, 4) is 0 Å². The van der Waals surface area contributed by atoms with Crippen molar-refractivity contribution in [2.24, 2.45) is 0 Å². The van der Waals surface area contributed by atoms with E-state index in [1.165, 1.54) is 6.66 Å². The van der Waals surface area contributed by atoms with Gasteiger partial charge in [0.2, 0.25) is 0 Å². The predicted molar refractivity (Wildman–Crippen MR) is 43.7 cm³/mol. The zero-order valence-electron chi connectivity index (χ0n) is 6.36. The van der Waals surface area contributed by atoms with Crippen LogP contribution in [-0.4, -0.2) is 6.66 Å². The van der Waals surface area contributed by atoms with Crippen LogP contribution < -0.4 is 4.89 Å². The Hall–Kier alpha value is -0.590. The van der Waals surface area contributed by atoms with Crippen LogP contribution in [0.1, 0.15) is 5.56 Å². The van der Waals surface area contributed by atoms with Gasteiger partial charge in [0.15, 0.2) is 0 Å². The molecule has 0 bridgehead atoms. The van der Waals surface area contributed by atoms with Gasteiger partial charge in [-0.25, -0.2) is 0 Å². The molecule has 0 spiro atoms. The van der Waals surface area contributed by atoms with Gasteiger partial charge in [0.1, 0.15) is 0 Å². The first-order valence-corrected chi connectivity index (χ1v) is 5.65. The van der Waals surface area contributed by atoms with Gasteiger partial charge in [0.25, 0.3) is 0 Å². The number of benzene rings is 1. The number of hydrogen-bond acceptors (Lipinski definition) is 2. The predicted octanol–water partition coefficient (Wildman–Crippen LogP) is 1.45. The Balaban J connectivity index is 2.74. The molecule has 0 heterocycles. The summed E-state index contributed by atoms with van der Waals surface area (Å²) in [4.78, 5) is 10.8. The summed E-state index contributed by atoms with van der Waals surface area (Å²) in [7, 11) is -3.14. The largest absolute Gasteiger partial charge is 0.799 e. The van der Waals surface area contributed by atoms with Gasteiger partial charge in [-0.2, -0.15) is 0 Å². The average molecular weight is 169 g/mol. The lowest BCUT2D eigenvalue weighted by Gasteiger charge is -2.16. The minimum absolute atomic E-state index is 0.161. The molecular weight excluding hydrogens is 159 g/mol. The van der Waals surface area contributed by atoms with E-state index < -0.39 is 7.37 Å². The lowest BCUT2D eigenvalue weighted by atomic mass is 10.2. The molecule has 3 heteroatoms. The molecule has 0 aromatic heterocycles. The van der Waals surface area contributed by atoms with E-state index in [4.69, 9.17) is 0 Å². The summed E-state index contributed by atoms with van der Waals surface area (Å²) in [6.45, 7) is 1.26. The summed E-state index contributed by atoms with van der Waals surface area (Å²) in [6.07, 6.45) is 0.161. The van der Waals surface area contributed by atoms with Gasteiger partial charge in [-0.05, 0) is 12.2 Å². The zero-order chi connectivity index (χ0) is 8.32. The molecule has 0 N–H and O–H groups in total. The molecule has 0 saturated carbocycles. The second-order valence-electron chi connectivity index (χ2n) is 2.66. The highest BCUT2D eigenvalue weighted by Gasteiger charge is 1.99. The maximum atomic E-state index is 10.8. The number of hydrogen-bond donors (Lipinski definition) is 0.